The molecule has 0 aliphatic carbocycles. The fourth-order valence-electron chi connectivity index (χ4n) is 2.87. The molecule has 0 spiro atoms. The summed E-state index contributed by atoms with van der Waals surface area (Å²) in [6.45, 7) is 0.263. The standard InChI is InChI=1S/C24H18N2O4S/c27-22-21(31-24(26-22)25-19-7-2-1-3-8-19)14-16-9-11-20(12-10-16)30-15-17-5-4-6-18(13-17)23(28)29/h1-14H,15H2,(H,28,29)(H,25,26,27). The van der Waals surface area contributed by atoms with Gasteiger partial charge in [0.1, 0.15) is 12.4 Å². The molecule has 4 rings (SSSR count). The molecule has 1 heterocycles. The molecule has 1 saturated heterocycles. The van der Waals surface area contributed by atoms with E-state index in [9.17, 15) is 9.59 Å². The Morgan fingerprint density at radius 2 is 1.81 bits per heavy atom. The number of amidine groups is 1. The number of hydrogen-bond donors (Lipinski definition) is 2. The molecule has 0 radical (unpaired) electrons. The molecule has 7 heteroatoms. The number of thioether (sulfide) groups is 1. The van der Waals surface area contributed by atoms with Gasteiger partial charge in [0.2, 0.25) is 0 Å². The summed E-state index contributed by atoms with van der Waals surface area (Å²) in [7, 11) is 0. The zero-order chi connectivity index (χ0) is 21.6. The third-order valence-electron chi connectivity index (χ3n) is 4.40. The first kappa shape index (κ1) is 20.4. The van der Waals surface area contributed by atoms with Crippen molar-refractivity contribution >= 4 is 40.6 Å². The molecule has 1 fully saturated rings. The van der Waals surface area contributed by atoms with E-state index in [0.29, 0.717) is 15.8 Å². The predicted octanol–water partition coefficient (Wildman–Crippen LogP) is 4.86. The molecule has 0 aromatic heterocycles. The van der Waals surface area contributed by atoms with Crippen LogP contribution in [0.15, 0.2) is 88.8 Å². The van der Waals surface area contributed by atoms with E-state index in [1.165, 1.54) is 11.8 Å². The smallest absolute Gasteiger partial charge is 0.335 e. The van der Waals surface area contributed by atoms with Gasteiger partial charge < -0.3 is 15.2 Å². The normalized spacial score (nSPS) is 15.8. The lowest BCUT2D eigenvalue weighted by atomic mass is 10.1. The third kappa shape index (κ3) is 5.40. The van der Waals surface area contributed by atoms with Crippen LogP contribution < -0.4 is 10.1 Å². The first-order valence-electron chi connectivity index (χ1n) is 9.46. The van der Waals surface area contributed by atoms with Crippen molar-refractivity contribution in [3.05, 3.63) is 100 Å². The van der Waals surface area contributed by atoms with E-state index in [1.807, 2.05) is 60.7 Å². The van der Waals surface area contributed by atoms with Gasteiger partial charge in [-0.1, -0.05) is 42.5 Å². The molecule has 3 aromatic carbocycles. The van der Waals surface area contributed by atoms with Gasteiger partial charge in [0, 0.05) is 0 Å². The summed E-state index contributed by atoms with van der Waals surface area (Å²) in [6.07, 6.45) is 1.80. The number of carbonyl (C=O) groups excluding carboxylic acids is 1. The fraction of sp³-hybridized carbons (Fsp3) is 0.0417. The van der Waals surface area contributed by atoms with Crippen LogP contribution in [0, 0.1) is 0 Å². The van der Waals surface area contributed by atoms with Crippen LogP contribution in [0.1, 0.15) is 21.5 Å². The lowest BCUT2D eigenvalue weighted by Crippen LogP contribution is -2.19. The van der Waals surface area contributed by atoms with Gasteiger partial charge in [0.25, 0.3) is 5.91 Å². The van der Waals surface area contributed by atoms with Crippen LogP contribution in [0.3, 0.4) is 0 Å². The molecule has 1 aliphatic rings. The fourth-order valence-corrected chi connectivity index (χ4v) is 3.71. The van der Waals surface area contributed by atoms with Crippen molar-refractivity contribution in [1.29, 1.82) is 0 Å². The number of amides is 1. The highest BCUT2D eigenvalue weighted by atomic mass is 32.2. The van der Waals surface area contributed by atoms with Crippen LogP contribution in [0.5, 0.6) is 5.75 Å². The molecule has 3 aromatic rings. The molecule has 6 nitrogen and oxygen atoms in total. The summed E-state index contributed by atoms with van der Waals surface area (Å²) in [5.74, 6) is -0.499. The molecule has 2 N–H and O–H groups in total. The monoisotopic (exact) mass is 430 g/mol. The van der Waals surface area contributed by atoms with Crippen molar-refractivity contribution in [2.75, 3.05) is 0 Å². The number of carboxylic acids is 1. The third-order valence-corrected chi connectivity index (χ3v) is 5.30. The van der Waals surface area contributed by atoms with Crippen LogP contribution >= 0.6 is 11.8 Å². The van der Waals surface area contributed by atoms with Gasteiger partial charge in [-0.25, -0.2) is 9.79 Å². The van der Waals surface area contributed by atoms with Gasteiger partial charge in [0.15, 0.2) is 5.17 Å². The second-order valence-corrected chi connectivity index (χ2v) is 7.71. The van der Waals surface area contributed by atoms with Gasteiger partial charge in [-0.3, -0.25) is 4.79 Å². The maximum absolute atomic E-state index is 12.2. The van der Waals surface area contributed by atoms with Crippen LogP contribution in [0.25, 0.3) is 6.08 Å². The number of aromatic carboxylic acids is 1. The quantitative estimate of drug-likeness (QED) is 0.546. The Labute approximate surface area is 183 Å². The molecule has 1 amide bonds. The van der Waals surface area contributed by atoms with Gasteiger partial charge >= 0.3 is 5.97 Å². The van der Waals surface area contributed by atoms with E-state index < -0.39 is 5.97 Å². The van der Waals surface area contributed by atoms with Gasteiger partial charge in [-0.15, -0.1) is 0 Å². The van der Waals surface area contributed by atoms with E-state index in [4.69, 9.17) is 9.84 Å². The second-order valence-electron chi connectivity index (χ2n) is 6.68. The predicted molar refractivity (Wildman–Crippen MR) is 121 cm³/mol. The van der Waals surface area contributed by atoms with Crippen LogP contribution in [0.4, 0.5) is 5.69 Å². The average Bonchev–Trinajstić information content (AvgIpc) is 3.12. The molecule has 0 bridgehead atoms. The molecule has 0 unspecified atom stereocenters. The van der Waals surface area contributed by atoms with Crippen molar-refractivity contribution in [2.24, 2.45) is 4.99 Å². The summed E-state index contributed by atoms with van der Waals surface area (Å²) in [5, 5.41) is 12.4. The minimum absolute atomic E-state index is 0.182. The van der Waals surface area contributed by atoms with E-state index in [0.717, 1.165) is 16.8 Å². The Kier molecular flexibility index (Phi) is 6.14. The number of nitrogens with zero attached hydrogens (tertiary/aromatic N) is 1. The minimum Gasteiger partial charge on any atom is -0.489 e. The van der Waals surface area contributed by atoms with Gasteiger partial charge in [-0.2, -0.15) is 0 Å². The van der Waals surface area contributed by atoms with Crippen molar-refractivity contribution in [3.63, 3.8) is 0 Å². The Balaban J connectivity index is 1.39. The molecule has 1 aliphatic heterocycles. The van der Waals surface area contributed by atoms with Crippen molar-refractivity contribution in [3.8, 4) is 5.75 Å². The van der Waals surface area contributed by atoms with E-state index in [-0.39, 0.29) is 18.1 Å². The van der Waals surface area contributed by atoms with E-state index in [2.05, 4.69) is 10.3 Å². The number of carboxylic acid groups (broad SMARTS) is 1. The number of para-hydroxylation sites is 1. The highest BCUT2D eigenvalue weighted by molar-refractivity contribution is 8.18. The number of rotatable bonds is 6. The zero-order valence-corrected chi connectivity index (χ0v) is 17.1. The summed E-state index contributed by atoms with van der Waals surface area (Å²) in [4.78, 5) is 28.3. The Hall–Kier alpha value is -3.84. The van der Waals surface area contributed by atoms with Crippen molar-refractivity contribution in [2.45, 2.75) is 6.61 Å². The maximum Gasteiger partial charge on any atom is 0.335 e. The Morgan fingerprint density at radius 3 is 2.55 bits per heavy atom. The molecule has 154 valence electrons. The van der Waals surface area contributed by atoms with Crippen LogP contribution in [-0.4, -0.2) is 22.2 Å². The Bertz CT molecular complexity index is 1170. The number of ether oxygens (including phenoxy) is 1. The van der Waals surface area contributed by atoms with Crippen LogP contribution in [0.2, 0.25) is 0 Å². The van der Waals surface area contributed by atoms with Crippen LogP contribution in [-0.2, 0) is 11.4 Å². The highest BCUT2D eigenvalue weighted by Crippen LogP contribution is 2.28. The average molecular weight is 430 g/mol. The van der Waals surface area contributed by atoms with Crippen molar-refractivity contribution < 1.29 is 19.4 Å². The lowest BCUT2D eigenvalue weighted by Gasteiger charge is -2.07. The first-order valence-corrected chi connectivity index (χ1v) is 10.3. The molecule has 0 saturated carbocycles. The number of benzene rings is 3. The van der Waals surface area contributed by atoms with Gasteiger partial charge in [-0.05, 0) is 65.4 Å². The Morgan fingerprint density at radius 1 is 1.03 bits per heavy atom. The molecule has 31 heavy (non-hydrogen) atoms. The number of hydrogen-bond acceptors (Lipinski definition) is 5. The number of aliphatic imine (C=N–C) groups is 1. The maximum atomic E-state index is 12.2. The SMILES string of the molecule is O=C1NC(=Nc2ccccc2)SC1=Cc1ccc(OCc2cccc(C(=O)O)c2)cc1. The lowest BCUT2D eigenvalue weighted by molar-refractivity contribution is -0.115. The second kappa shape index (κ2) is 9.32. The molecular formula is C24H18N2O4S. The van der Waals surface area contributed by atoms with E-state index in [1.54, 1.807) is 24.3 Å². The summed E-state index contributed by atoms with van der Waals surface area (Å²) in [6, 6.07) is 23.4. The topological polar surface area (TPSA) is 88.0 Å². The van der Waals surface area contributed by atoms with E-state index >= 15 is 0 Å². The van der Waals surface area contributed by atoms with Crippen molar-refractivity contribution in [1.82, 2.24) is 5.32 Å². The first-order chi connectivity index (χ1) is 15.1. The molecule has 0 atom stereocenters. The number of carbonyl (C=O) groups is 2. The number of nitrogens with one attached hydrogen (secondary N) is 1. The minimum atomic E-state index is -0.968. The summed E-state index contributed by atoms with van der Waals surface area (Å²) >= 11 is 1.30. The molecular weight excluding hydrogens is 412 g/mol. The highest BCUT2D eigenvalue weighted by Gasteiger charge is 2.23. The largest absolute Gasteiger partial charge is 0.489 e. The summed E-state index contributed by atoms with van der Waals surface area (Å²) in [5.41, 5.74) is 2.64. The zero-order valence-electron chi connectivity index (χ0n) is 16.3. The summed E-state index contributed by atoms with van der Waals surface area (Å²) < 4.78 is 5.74. The van der Waals surface area contributed by atoms with Gasteiger partial charge in [0.05, 0.1) is 16.2 Å².